The van der Waals surface area contributed by atoms with Gasteiger partial charge in [0.15, 0.2) is 0 Å². The molecule has 0 saturated heterocycles. The van der Waals surface area contributed by atoms with E-state index in [9.17, 15) is 9.59 Å². The van der Waals surface area contributed by atoms with Crippen LogP contribution in [0.3, 0.4) is 0 Å². The lowest BCUT2D eigenvalue weighted by Gasteiger charge is -2.03. The average Bonchev–Trinajstić information content (AvgIpc) is 2.46. The van der Waals surface area contributed by atoms with Gasteiger partial charge in [0.05, 0.1) is 13.7 Å². The minimum Gasteiger partial charge on any atom is -0.469 e. The van der Waals surface area contributed by atoms with Crippen molar-refractivity contribution in [3.05, 3.63) is 0 Å². The molecule has 0 spiro atoms. The minimum absolute atomic E-state index is 0.0407. The van der Waals surface area contributed by atoms with E-state index in [0.717, 1.165) is 12.8 Å². The Morgan fingerprint density at radius 3 is 1.85 bits per heavy atom. The van der Waals surface area contributed by atoms with Crippen molar-refractivity contribution in [3.63, 3.8) is 0 Å². The molecular weight excluding hydrogens is 256 g/mol. The number of unbranched alkanes of at least 4 members (excludes halogenated alkanes) is 5. The first kappa shape index (κ1) is 21.2. The highest BCUT2D eigenvalue weighted by atomic mass is 16.5. The molecule has 0 fully saturated rings. The number of esters is 2. The fourth-order valence-electron chi connectivity index (χ4n) is 1.49. The fourth-order valence-corrected chi connectivity index (χ4v) is 1.49. The third-order valence-electron chi connectivity index (χ3n) is 2.73. The van der Waals surface area contributed by atoms with E-state index in [0.29, 0.717) is 19.4 Å². The number of carbonyl (C=O) groups is 2. The van der Waals surface area contributed by atoms with Crippen LogP contribution in [0.15, 0.2) is 0 Å². The molecule has 0 aliphatic carbocycles. The van der Waals surface area contributed by atoms with Gasteiger partial charge in [-0.05, 0) is 12.8 Å². The number of hydrogen-bond donors (Lipinski definition) is 0. The highest BCUT2D eigenvalue weighted by Gasteiger charge is 1.99. The molecule has 0 radical (unpaired) electrons. The van der Waals surface area contributed by atoms with Gasteiger partial charge in [0, 0.05) is 12.8 Å². The molecule has 0 aliphatic rings. The zero-order chi connectivity index (χ0) is 15.6. The average molecular weight is 288 g/mol. The van der Waals surface area contributed by atoms with E-state index in [4.69, 9.17) is 4.74 Å². The van der Waals surface area contributed by atoms with Gasteiger partial charge in [-0.25, -0.2) is 0 Å². The number of methoxy groups -OCH3 is 1. The van der Waals surface area contributed by atoms with E-state index in [-0.39, 0.29) is 11.9 Å². The van der Waals surface area contributed by atoms with Crippen LogP contribution in [0.25, 0.3) is 0 Å². The molecule has 0 N–H and O–H groups in total. The van der Waals surface area contributed by atoms with E-state index in [2.05, 4.69) is 11.7 Å². The van der Waals surface area contributed by atoms with Crippen LogP contribution in [0.4, 0.5) is 0 Å². The number of ether oxygens (including phenoxy) is 2. The fraction of sp³-hybridized carbons (Fsp3) is 0.875. The molecule has 0 aliphatic heterocycles. The van der Waals surface area contributed by atoms with Crippen LogP contribution in [0.5, 0.6) is 0 Å². The molecule has 4 heteroatoms. The maximum Gasteiger partial charge on any atom is 0.305 e. The van der Waals surface area contributed by atoms with E-state index < -0.39 is 0 Å². The Morgan fingerprint density at radius 1 is 0.800 bits per heavy atom. The number of carbonyl (C=O) groups excluding carboxylic acids is 2. The molecule has 120 valence electrons. The van der Waals surface area contributed by atoms with Gasteiger partial charge in [-0.3, -0.25) is 9.59 Å². The van der Waals surface area contributed by atoms with Gasteiger partial charge in [-0.15, -0.1) is 0 Å². The summed E-state index contributed by atoms with van der Waals surface area (Å²) in [6.07, 6.45) is 9.35. The molecule has 0 heterocycles. The molecule has 20 heavy (non-hydrogen) atoms. The molecule has 0 atom stereocenters. The van der Waals surface area contributed by atoms with Crippen LogP contribution in [0, 0.1) is 0 Å². The molecule has 0 aromatic carbocycles. The SMILES string of the molecule is CCC(=O)OC.CCCCCCCCOC(=O)CCC. The zero-order valence-corrected chi connectivity index (χ0v) is 13.7. The van der Waals surface area contributed by atoms with Crippen molar-refractivity contribution < 1.29 is 19.1 Å². The van der Waals surface area contributed by atoms with Crippen molar-refractivity contribution in [2.45, 2.75) is 78.6 Å². The zero-order valence-electron chi connectivity index (χ0n) is 13.7. The van der Waals surface area contributed by atoms with E-state index in [1.165, 1.54) is 39.2 Å². The smallest absolute Gasteiger partial charge is 0.305 e. The molecule has 0 unspecified atom stereocenters. The third-order valence-corrected chi connectivity index (χ3v) is 2.73. The summed E-state index contributed by atoms with van der Waals surface area (Å²) >= 11 is 0. The minimum atomic E-state index is -0.157. The van der Waals surface area contributed by atoms with Crippen LogP contribution < -0.4 is 0 Å². The van der Waals surface area contributed by atoms with Gasteiger partial charge >= 0.3 is 11.9 Å². The van der Waals surface area contributed by atoms with Crippen molar-refractivity contribution in [3.8, 4) is 0 Å². The molecule has 0 saturated carbocycles. The molecular formula is C16H32O4. The van der Waals surface area contributed by atoms with Gasteiger partial charge in [0.1, 0.15) is 0 Å². The van der Waals surface area contributed by atoms with Gasteiger partial charge in [0.2, 0.25) is 0 Å². The van der Waals surface area contributed by atoms with Crippen molar-refractivity contribution >= 4 is 11.9 Å². The van der Waals surface area contributed by atoms with Crippen molar-refractivity contribution in [2.75, 3.05) is 13.7 Å². The standard InChI is InChI=1S/C12H24O2.C4H8O2/c1-3-5-6-7-8-9-11-14-12(13)10-4-2;1-3-4(5)6-2/h3-11H2,1-2H3;3H2,1-2H3. The molecule has 0 bridgehead atoms. The third kappa shape index (κ3) is 19.3. The van der Waals surface area contributed by atoms with Crippen LogP contribution in [-0.2, 0) is 19.1 Å². The van der Waals surface area contributed by atoms with E-state index in [1.54, 1.807) is 6.92 Å². The second kappa shape index (κ2) is 17.9. The first-order valence-corrected chi connectivity index (χ1v) is 7.84. The summed E-state index contributed by atoms with van der Waals surface area (Å²) in [7, 11) is 1.38. The Morgan fingerprint density at radius 2 is 1.40 bits per heavy atom. The Labute approximate surface area is 124 Å². The molecule has 0 rings (SSSR count). The first-order chi connectivity index (χ1) is 9.62. The van der Waals surface area contributed by atoms with Gasteiger partial charge in [-0.2, -0.15) is 0 Å². The summed E-state index contributed by atoms with van der Waals surface area (Å²) in [5, 5.41) is 0. The Kier molecular flexibility index (Phi) is 19.1. The van der Waals surface area contributed by atoms with E-state index >= 15 is 0 Å². The summed E-state index contributed by atoms with van der Waals surface area (Å²) in [5.74, 6) is -0.198. The van der Waals surface area contributed by atoms with Crippen LogP contribution in [0.1, 0.15) is 78.6 Å². The second-order valence-corrected chi connectivity index (χ2v) is 4.67. The van der Waals surface area contributed by atoms with Crippen molar-refractivity contribution in [2.24, 2.45) is 0 Å². The van der Waals surface area contributed by atoms with Crippen LogP contribution in [0.2, 0.25) is 0 Å². The number of rotatable bonds is 10. The first-order valence-electron chi connectivity index (χ1n) is 7.84. The largest absolute Gasteiger partial charge is 0.469 e. The van der Waals surface area contributed by atoms with Crippen LogP contribution in [-0.4, -0.2) is 25.7 Å². The number of hydrogen-bond acceptors (Lipinski definition) is 4. The Balaban J connectivity index is 0. The Bertz CT molecular complexity index is 221. The molecule has 0 aromatic rings. The lowest BCUT2D eigenvalue weighted by molar-refractivity contribution is -0.144. The summed E-state index contributed by atoms with van der Waals surface area (Å²) in [6, 6.07) is 0. The Hall–Kier alpha value is -1.06. The lowest BCUT2D eigenvalue weighted by atomic mass is 10.1. The quantitative estimate of drug-likeness (QED) is 0.445. The predicted molar refractivity (Wildman–Crippen MR) is 81.6 cm³/mol. The highest BCUT2D eigenvalue weighted by molar-refractivity contribution is 5.69. The van der Waals surface area contributed by atoms with Gasteiger partial charge < -0.3 is 9.47 Å². The summed E-state index contributed by atoms with van der Waals surface area (Å²) in [4.78, 5) is 20.9. The summed E-state index contributed by atoms with van der Waals surface area (Å²) in [6.45, 7) is 6.58. The second-order valence-electron chi connectivity index (χ2n) is 4.67. The van der Waals surface area contributed by atoms with Gasteiger partial charge in [0.25, 0.3) is 0 Å². The molecule has 0 amide bonds. The topological polar surface area (TPSA) is 52.6 Å². The monoisotopic (exact) mass is 288 g/mol. The maximum absolute atomic E-state index is 11.0. The van der Waals surface area contributed by atoms with E-state index in [1.807, 2.05) is 6.92 Å². The summed E-state index contributed by atoms with van der Waals surface area (Å²) in [5.41, 5.74) is 0. The van der Waals surface area contributed by atoms with Crippen molar-refractivity contribution in [1.82, 2.24) is 0 Å². The molecule has 0 aromatic heterocycles. The van der Waals surface area contributed by atoms with Crippen LogP contribution >= 0.6 is 0 Å². The molecule has 4 nitrogen and oxygen atoms in total. The lowest BCUT2D eigenvalue weighted by Crippen LogP contribution is -2.04. The highest BCUT2D eigenvalue weighted by Crippen LogP contribution is 2.05. The normalized spacial score (nSPS) is 9.40. The van der Waals surface area contributed by atoms with Gasteiger partial charge in [-0.1, -0.05) is 52.9 Å². The predicted octanol–water partition coefficient (Wildman–Crippen LogP) is 4.26. The summed E-state index contributed by atoms with van der Waals surface area (Å²) < 4.78 is 9.31. The van der Waals surface area contributed by atoms with Crippen molar-refractivity contribution in [1.29, 1.82) is 0 Å². The maximum atomic E-state index is 11.0.